The Morgan fingerprint density at radius 1 is 0.837 bits per heavy atom. The maximum atomic E-state index is 12.4. The molecule has 2 heterocycles. The van der Waals surface area contributed by atoms with Gasteiger partial charge in [-0.25, -0.2) is 4.98 Å². The molecular formula is C36H38N2O5. The second-order valence-corrected chi connectivity index (χ2v) is 10.5. The Kier molecular flexibility index (Phi) is 11.3. The lowest BCUT2D eigenvalue weighted by atomic mass is 10.1. The molecule has 0 N–H and O–H groups in total. The zero-order valence-corrected chi connectivity index (χ0v) is 24.5. The van der Waals surface area contributed by atoms with Crippen molar-refractivity contribution >= 4 is 6.29 Å². The van der Waals surface area contributed by atoms with E-state index in [0.29, 0.717) is 31.2 Å². The van der Waals surface area contributed by atoms with E-state index in [2.05, 4.69) is 23.7 Å². The summed E-state index contributed by atoms with van der Waals surface area (Å²) in [5.74, 6) is 6.21. The first kappa shape index (κ1) is 30.4. The number of carbonyl (C=O) groups excluding carboxylic acids is 1. The summed E-state index contributed by atoms with van der Waals surface area (Å²) in [6.45, 7) is 3.57. The number of hydrogen-bond donors (Lipinski definition) is 0. The summed E-state index contributed by atoms with van der Waals surface area (Å²) < 4.78 is 27.6. The van der Waals surface area contributed by atoms with Gasteiger partial charge in [0.1, 0.15) is 29.7 Å². The van der Waals surface area contributed by atoms with E-state index >= 15 is 0 Å². The van der Waals surface area contributed by atoms with Crippen molar-refractivity contribution in [3.63, 3.8) is 0 Å². The smallest absolute Gasteiger partial charge is 0.169 e. The average Bonchev–Trinajstić information content (AvgIpc) is 3.62. The number of ether oxygens (including phenoxy) is 4. The van der Waals surface area contributed by atoms with Crippen molar-refractivity contribution in [2.45, 2.75) is 70.5 Å². The van der Waals surface area contributed by atoms with Gasteiger partial charge in [0.2, 0.25) is 0 Å². The van der Waals surface area contributed by atoms with E-state index in [1.165, 1.54) is 0 Å². The van der Waals surface area contributed by atoms with Crippen LogP contribution in [0.2, 0.25) is 0 Å². The molecular weight excluding hydrogens is 540 g/mol. The van der Waals surface area contributed by atoms with Gasteiger partial charge in [-0.1, -0.05) is 110 Å². The number of hydrogen-bond acceptors (Lipinski definition) is 6. The van der Waals surface area contributed by atoms with Crippen LogP contribution in [-0.2, 0) is 38.8 Å². The Balaban J connectivity index is 1.43. The van der Waals surface area contributed by atoms with Gasteiger partial charge in [0.25, 0.3) is 0 Å². The summed E-state index contributed by atoms with van der Waals surface area (Å²) in [7, 11) is 0. The van der Waals surface area contributed by atoms with Gasteiger partial charge >= 0.3 is 0 Å². The Labute approximate surface area is 253 Å². The Morgan fingerprint density at radius 3 is 2.00 bits per heavy atom. The number of aromatic nitrogens is 2. The first-order valence-electron chi connectivity index (χ1n) is 14.9. The van der Waals surface area contributed by atoms with E-state index in [9.17, 15) is 4.79 Å². The third-order valence-electron chi connectivity index (χ3n) is 7.33. The lowest BCUT2D eigenvalue weighted by Gasteiger charge is -2.26. The molecule has 1 aromatic heterocycles. The molecule has 7 heteroatoms. The number of carbonyl (C=O) groups is 1. The predicted molar refractivity (Wildman–Crippen MR) is 164 cm³/mol. The zero-order valence-electron chi connectivity index (χ0n) is 24.5. The minimum absolute atomic E-state index is 0.283. The standard InChI is InChI=1S/C36H38N2O5/c1-2-3-4-14-21-31-32(22-39)38(27-37-31)36-35(42-25-30-19-12-7-13-20-30)34(41-24-29-17-10-6-11-18-29)33(43-36)26-40-23-28-15-8-5-9-16-28/h5-13,15-20,22,27,33-36H,2-4,23-26H2,1H3/t33-,34-,35-,36-/m1/s1. The highest BCUT2D eigenvalue weighted by Crippen LogP contribution is 2.36. The van der Waals surface area contributed by atoms with Gasteiger partial charge in [-0.05, 0) is 29.0 Å². The number of imidazole rings is 1. The molecule has 222 valence electrons. The minimum atomic E-state index is -0.672. The highest BCUT2D eigenvalue weighted by molar-refractivity contribution is 5.76. The van der Waals surface area contributed by atoms with Crippen LogP contribution in [0.4, 0.5) is 0 Å². The number of benzene rings is 3. The van der Waals surface area contributed by atoms with Crippen LogP contribution in [0.1, 0.15) is 65.3 Å². The monoisotopic (exact) mass is 578 g/mol. The van der Waals surface area contributed by atoms with Crippen molar-refractivity contribution in [3.8, 4) is 11.8 Å². The summed E-state index contributed by atoms with van der Waals surface area (Å²) in [4.78, 5) is 16.8. The Hall–Kier alpha value is -4.06. The molecule has 0 bridgehead atoms. The summed E-state index contributed by atoms with van der Waals surface area (Å²) in [6, 6.07) is 30.0. The topological polar surface area (TPSA) is 71.8 Å². The van der Waals surface area contributed by atoms with Gasteiger partial charge in [-0.3, -0.25) is 9.36 Å². The van der Waals surface area contributed by atoms with Crippen molar-refractivity contribution < 1.29 is 23.7 Å². The van der Waals surface area contributed by atoms with E-state index in [0.717, 1.165) is 42.2 Å². The van der Waals surface area contributed by atoms with Gasteiger partial charge in [0.15, 0.2) is 12.5 Å². The highest BCUT2D eigenvalue weighted by atomic mass is 16.6. The van der Waals surface area contributed by atoms with Crippen LogP contribution < -0.4 is 0 Å². The zero-order chi connectivity index (χ0) is 29.7. The summed E-state index contributed by atoms with van der Waals surface area (Å²) >= 11 is 0. The Bertz CT molecular complexity index is 1460. The van der Waals surface area contributed by atoms with Crippen molar-refractivity contribution in [1.29, 1.82) is 0 Å². The molecule has 0 aliphatic carbocycles. The van der Waals surface area contributed by atoms with Crippen molar-refractivity contribution in [2.24, 2.45) is 0 Å². The first-order valence-corrected chi connectivity index (χ1v) is 14.9. The molecule has 1 saturated heterocycles. The minimum Gasteiger partial charge on any atom is -0.374 e. The molecule has 3 aromatic carbocycles. The van der Waals surface area contributed by atoms with Crippen molar-refractivity contribution in [3.05, 3.63) is 125 Å². The predicted octanol–water partition coefficient (Wildman–Crippen LogP) is 6.52. The molecule has 0 spiro atoms. The highest BCUT2D eigenvalue weighted by Gasteiger charge is 2.48. The maximum absolute atomic E-state index is 12.4. The van der Waals surface area contributed by atoms with Crippen LogP contribution in [0.3, 0.4) is 0 Å². The van der Waals surface area contributed by atoms with Crippen LogP contribution in [-0.4, -0.2) is 40.8 Å². The summed E-state index contributed by atoms with van der Waals surface area (Å²) in [5.41, 5.74) is 3.92. The van der Waals surface area contributed by atoms with Crippen LogP contribution in [0.15, 0.2) is 97.3 Å². The third kappa shape index (κ3) is 8.28. The second kappa shape index (κ2) is 16.0. The normalized spacial score (nSPS) is 19.6. The third-order valence-corrected chi connectivity index (χ3v) is 7.33. The SMILES string of the molecule is CCCCC#Cc1ncn([C@@H]2O[C@H](COCc3ccccc3)[C@@H](OCc3ccccc3)[C@H]2OCc2ccccc2)c1C=O. The lowest BCUT2D eigenvalue weighted by molar-refractivity contribution is -0.0917. The Morgan fingerprint density at radius 2 is 1.42 bits per heavy atom. The fourth-order valence-corrected chi connectivity index (χ4v) is 5.04. The molecule has 7 nitrogen and oxygen atoms in total. The van der Waals surface area contributed by atoms with Crippen LogP contribution in [0.5, 0.6) is 0 Å². The van der Waals surface area contributed by atoms with Crippen molar-refractivity contribution in [1.82, 2.24) is 9.55 Å². The molecule has 43 heavy (non-hydrogen) atoms. The number of nitrogens with zero attached hydrogens (tertiary/aromatic N) is 2. The molecule has 1 aliphatic heterocycles. The molecule has 1 fully saturated rings. The molecule has 4 aromatic rings. The van der Waals surface area contributed by atoms with E-state index in [4.69, 9.17) is 18.9 Å². The molecule has 0 saturated carbocycles. The number of unbranched alkanes of at least 4 members (excludes halogenated alkanes) is 2. The van der Waals surface area contributed by atoms with Crippen LogP contribution in [0, 0.1) is 11.8 Å². The number of aldehydes is 1. The van der Waals surface area contributed by atoms with Gasteiger partial charge in [-0.15, -0.1) is 0 Å². The van der Waals surface area contributed by atoms with Gasteiger partial charge in [0.05, 0.1) is 32.8 Å². The molecule has 4 atom stereocenters. The van der Waals surface area contributed by atoms with E-state index in [1.54, 1.807) is 10.9 Å². The molecule has 0 amide bonds. The quantitative estimate of drug-likeness (QED) is 0.0964. The first-order chi connectivity index (χ1) is 21.3. The maximum Gasteiger partial charge on any atom is 0.169 e. The van der Waals surface area contributed by atoms with E-state index in [1.807, 2.05) is 91.0 Å². The van der Waals surface area contributed by atoms with Gasteiger partial charge in [-0.2, -0.15) is 0 Å². The summed E-state index contributed by atoms with van der Waals surface area (Å²) in [5, 5.41) is 0. The molecule has 5 rings (SSSR count). The van der Waals surface area contributed by atoms with E-state index in [-0.39, 0.29) is 6.61 Å². The lowest BCUT2D eigenvalue weighted by Crippen LogP contribution is -2.38. The van der Waals surface area contributed by atoms with Crippen LogP contribution in [0.25, 0.3) is 0 Å². The fourth-order valence-electron chi connectivity index (χ4n) is 5.04. The van der Waals surface area contributed by atoms with Gasteiger partial charge < -0.3 is 18.9 Å². The molecule has 1 aliphatic rings. The van der Waals surface area contributed by atoms with E-state index < -0.39 is 24.5 Å². The van der Waals surface area contributed by atoms with Gasteiger partial charge in [0, 0.05) is 6.42 Å². The molecule has 0 unspecified atom stereocenters. The van der Waals surface area contributed by atoms with Crippen LogP contribution >= 0.6 is 0 Å². The second-order valence-electron chi connectivity index (χ2n) is 10.5. The fraction of sp³-hybridized carbons (Fsp3) is 0.333. The summed E-state index contributed by atoms with van der Waals surface area (Å²) in [6.07, 6.45) is 3.03. The van der Waals surface area contributed by atoms with Crippen molar-refractivity contribution in [2.75, 3.05) is 6.61 Å². The largest absolute Gasteiger partial charge is 0.374 e. The average molecular weight is 579 g/mol. The number of rotatable bonds is 14. The molecule has 0 radical (unpaired) electrons.